The summed E-state index contributed by atoms with van der Waals surface area (Å²) in [4.78, 5) is 17.1. The van der Waals surface area contributed by atoms with Crippen molar-refractivity contribution in [3.8, 4) is 0 Å². The summed E-state index contributed by atoms with van der Waals surface area (Å²) >= 11 is 3.05. The fourth-order valence-corrected chi connectivity index (χ4v) is 2.84. The molecule has 6 heteroatoms. The number of carbonyl (C=O) groups is 1. The number of hydrogen-bond donors (Lipinski definition) is 1. The molecule has 0 atom stereocenters. The molecule has 0 bridgehead atoms. The van der Waals surface area contributed by atoms with Gasteiger partial charge in [-0.3, -0.25) is 4.79 Å². The molecule has 0 saturated heterocycles. The first-order chi connectivity index (χ1) is 9.20. The Kier molecular flexibility index (Phi) is 4.93. The lowest BCUT2D eigenvalue weighted by Gasteiger charge is -2.08. The van der Waals surface area contributed by atoms with Gasteiger partial charge < -0.3 is 9.88 Å². The first-order valence-electron chi connectivity index (χ1n) is 5.73. The minimum Gasteiger partial charge on any atom is -0.329 e. The fraction of sp³-hybridized carbons (Fsp3) is 0.231. The van der Waals surface area contributed by atoms with Gasteiger partial charge in [-0.25, -0.2) is 4.98 Å². The van der Waals surface area contributed by atoms with Gasteiger partial charge in [-0.2, -0.15) is 0 Å². The molecule has 1 N–H and O–H groups in total. The van der Waals surface area contributed by atoms with E-state index in [0.717, 1.165) is 15.7 Å². The van der Waals surface area contributed by atoms with Crippen molar-refractivity contribution in [1.82, 2.24) is 9.55 Å². The highest BCUT2D eigenvalue weighted by Gasteiger charge is 2.08. The van der Waals surface area contributed by atoms with Gasteiger partial charge in [0, 0.05) is 24.3 Å². The Balaban J connectivity index is 1.93. The number of para-hydroxylation sites is 1. The first kappa shape index (κ1) is 14.0. The van der Waals surface area contributed by atoms with Crippen molar-refractivity contribution in [3.63, 3.8) is 0 Å². The molecule has 0 unspecified atom stereocenters. The summed E-state index contributed by atoms with van der Waals surface area (Å²) in [7, 11) is 1.91. The Hall–Kier alpha value is -1.40. The molecule has 4 nitrogen and oxygen atoms in total. The lowest BCUT2D eigenvalue weighted by atomic mass is 10.3. The fourth-order valence-electron chi connectivity index (χ4n) is 1.56. The van der Waals surface area contributed by atoms with Gasteiger partial charge in [0.05, 0.1) is 11.4 Å². The molecule has 0 radical (unpaired) electrons. The highest BCUT2D eigenvalue weighted by molar-refractivity contribution is 7.99. The zero-order valence-corrected chi connectivity index (χ0v) is 12.4. The van der Waals surface area contributed by atoms with Crippen molar-refractivity contribution in [2.24, 2.45) is 7.05 Å². The number of aromatic nitrogens is 2. The van der Waals surface area contributed by atoms with Crippen molar-refractivity contribution < 1.29 is 4.79 Å². The molecule has 0 aliphatic carbocycles. The van der Waals surface area contributed by atoms with E-state index in [-0.39, 0.29) is 5.91 Å². The van der Waals surface area contributed by atoms with E-state index in [1.165, 1.54) is 11.8 Å². The molecule has 1 amide bonds. The molecular formula is C13H15N3OS2. The monoisotopic (exact) mass is 293 g/mol. The number of amides is 1. The third-order valence-electron chi connectivity index (χ3n) is 2.49. The largest absolute Gasteiger partial charge is 0.329 e. The van der Waals surface area contributed by atoms with Gasteiger partial charge >= 0.3 is 0 Å². The van der Waals surface area contributed by atoms with Gasteiger partial charge in [-0.05, 0) is 18.4 Å². The van der Waals surface area contributed by atoms with Crippen LogP contribution in [0.25, 0.3) is 0 Å². The van der Waals surface area contributed by atoms with E-state index < -0.39 is 0 Å². The quantitative estimate of drug-likeness (QED) is 0.861. The van der Waals surface area contributed by atoms with Crippen LogP contribution in [0.5, 0.6) is 0 Å². The normalized spacial score (nSPS) is 10.4. The topological polar surface area (TPSA) is 46.9 Å². The standard InChI is InChI=1S/C13H15N3OS2/c1-16-8-7-14-13(16)19-9-12(17)15-10-5-3-4-6-11(10)18-2/h3-8H,9H2,1-2H3,(H,15,17). The van der Waals surface area contributed by atoms with Gasteiger partial charge in [-0.15, -0.1) is 11.8 Å². The van der Waals surface area contributed by atoms with Crippen molar-refractivity contribution in [1.29, 1.82) is 0 Å². The minimum atomic E-state index is -0.0190. The van der Waals surface area contributed by atoms with E-state index >= 15 is 0 Å². The predicted octanol–water partition coefficient (Wildman–Crippen LogP) is 2.87. The third-order valence-corrected chi connectivity index (χ3v) is 4.34. The van der Waals surface area contributed by atoms with E-state index in [1.54, 1.807) is 18.0 Å². The zero-order chi connectivity index (χ0) is 13.7. The van der Waals surface area contributed by atoms with Crippen molar-refractivity contribution in [2.45, 2.75) is 10.1 Å². The summed E-state index contributed by atoms with van der Waals surface area (Å²) in [5.74, 6) is 0.336. The second kappa shape index (κ2) is 6.68. The Morgan fingerprint density at radius 1 is 1.42 bits per heavy atom. The summed E-state index contributed by atoms with van der Waals surface area (Å²) < 4.78 is 1.90. The van der Waals surface area contributed by atoms with Crippen LogP contribution in [0.1, 0.15) is 0 Å². The van der Waals surface area contributed by atoms with E-state index in [2.05, 4.69) is 10.3 Å². The maximum absolute atomic E-state index is 11.9. The Morgan fingerprint density at radius 2 is 2.21 bits per heavy atom. The maximum Gasteiger partial charge on any atom is 0.234 e. The molecule has 100 valence electrons. The number of anilines is 1. The third kappa shape index (κ3) is 3.78. The minimum absolute atomic E-state index is 0.0190. The van der Waals surface area contributed by atoms with Gasteiger partial charge in [0.25, 0.3) is 0 Å². The predicted molar refractivity (Wildman–Crippen MR) is 80.8 cm³/mol. The first-order valence-corrected chi connectivity index (χ1v) is 7.94. The number of carbonyl (C=O) groups excluding carboxylic acids is 1. The average molecular weight is 293 g/mol. The molecule has 2 rings (SSSR count). The van der Waals surface area contributed by atoms with Crippen LogP contribution in [0.2, 0.25) is 0 Å². The van der Waals surface area contributed by atoms with Crippen LogP contribution in [-0.2, 0) is 11.8 Å². The summed E-state index contributed by atoms with van der Waals surface area (Å²) in [5, 5.41) is 3.77. The molecule has 0 spiro atoms. The molecule has 0 aliphatic heterocycles. The van der Waals surface area contributed by atoms with E-state index in [4.69, 9.17) is 0 Å². The van der Waals surface area contributed by atoms with Crippen LogP contribution < -0.4 is 5.32 Å². The molecule has 1 heterocycles. The second-order valence-corrected chi connectivity index (χ2v) is 5.65. The Bertz CT molecular complexity index is 569. The molecule has 1 aromatic carbocycles. The number of nitrogens with one attached hydrogen (secondary N) is 1. The summed E-state index contributed by atoms with van der Waals surface area (Å²) in [6.07, 6.45) is 5.58. The highest BCUT2D eigenvalue weighted by atomic mass is 32.2. The van der Waals surface area contributed by atoms with Crippen molar-refractivity contribution in [3.05, 3.63) is 36.7 Å². The van der Waals surface area contributed by atoms with E-state index in [1.807, 2.05) is 48.3 Å². The smallest absolute Gasteiger partial charge is 0.234 e. The maximum atomic E-state index is 11.9. The second-order valence-electron chi connectivity index (χ2n) is 3.86. The summed E-state index contributed by atoms with van der Waals surface area (Å²) in [6, 6.07) is 7.78. The van der Waals surface area contributed by atoms with Crippen molar-refractivity contribution in [2.75, 3.05) is 17.3 Å². The Labute approximate surface area is 121 Å². The number of hydrogen-bond acceptors (Lipinski definition) is 4. The van der Waals surface area contributed by atoms with Gasteiger partial charge in [0.1, 0.15) is 0 Å². The van der Waals surface area contributed by atoms with Gasteiger partial charge in [0.2, 0.25) is 5.91 Å². The highest BCUT2D eigenvalue weighted by Crippen LogP contribution is 2.25. The van der Waals surface area contributed by atoms with Crippen LogP contribution >= 0.6 is 23.5 Å². The lowest BCUT2D eigenvalue weighted by molar-refractivity contribution is -0.113. The average Bonchev–Trinajstić information content (AvgIpc) is 2.82. The molecule has 2 aromatic rings. The van der Waals surface area contributed by atoms with Crippen LogP contribution in [0.3, 0.4) is 0 Å². The molecule has 0 aliphatic rings. The molecule has 0 saturated carbocycles. The van der Waals surface area contributed by atoms with E-state index in [0.29, 0.717) is 5.75 Å². The molecule has 0 fully saturated rings. The number of imidazole rings is 1. The van der Waals surface area contributed by atoms with Crippen LogP contribution in [0.4, 0.5) is 5.69 Å². The summed E-state index contributed by atoms with van der Waals surface area (Å²) in [5.41, 5.74) is 0.862. The van der Waals surface area contributed by atoms with Crippen LogP contribution in [0.15, 0.2) is 46.7 Å². The molecular weight excluding hydrogens is 278 g/mol. The van der Waals surface area contributed by atoms with Gasteiger partial charge in [0.15, 0.2) is 5.16 Å². The number of aryl methyl sites for hydroxylation is 1. The Morgan fingerprint density at radius 3 is 2.89 bits per heavy atom. The van der Waals surface area contributed by atoms with Gasteiger partial charge in [-0.1, -0.05) is 23.9 Å². The van der Waals surface area contributed by atoms with Crippen molar-refractivity contribution >= 4 is 35.1 Å². The SMILES string of the molecule is CSc1ccccc1NC(=O)CSc1nccn1C. The number of benzene rings is 1. The number of rotatable bonds is 5. The van der Waals surface area contributed by atoms with Crippen LogP contribution in [0, 0.1) is 0 Å². The zero-order valence-electron chi connectivity index (χ0n) is 10.8. The lowest BCUT2D eigenvalue weighted by Crippen LogP contribution is -2.15. The number of nitrogens with zero attached hydrogens (tertiary/aromatic N) is 2. The number of thioether (sulfide) groups is 2. The molecule has 1 aromatic heterocycles. The summed E-state index contributed by atoms with van der Waals surface area (Å²) in [6.45, 7) is 0. The van der Waals surface area contributed by atoms with E-state index in [9.17, 15) is 4.79 Å². The molecule has 19 heavy (non-hydrogen) atoms. The van der Waals surface area contributed by atoms with Crippen LogP contribution in [-0.4, -0.2) is 27.5 Å².